The number of nitrogens with zero attached hydrogens (tertiary/aromatic N) is 1. The van der Waals surface area contributed by atoms with Gasteiger partial charge in [0.15, 0.2) is 6.33 Å². The maximum absolute atomic E-state index is 11.7. The Morgan fingerprint density at radius 3 is 2.62 bits per heavy atom. The molecule has 0 bridgehead atoms. The monoisotopic (exact) mass is 365 g/mol. The van der Waals surface area contributed by atoms with Crippen molar-refractivity contribution in [2.75, 3.05) is 6.61 Å². The fourth-order valence-corrected chi connectivity index (χ4v) is 2.81. The van der Waals surface area contributed by atoms with Gasteiger partial charge in [-0.2, -0.15) is 0 Å². The summed E-state index contributed by atoms with van der Waals surface area (Å²) in [5, 5.41) is 20.0. The molecule has 0 aliphatic carbocycles. The third-order valence-electron chi connectivity index (χ3n) is 3.55. The van der Waals surface area contributed by atoms with Crippen LogP contribution in [0.3, 0.4) is 0 Å². The summed E-state index contributed by atoms with van der Waals surface area (Å²) in [6, 6.07) is 0. The standard InChI is InChI=1S/C10H13N4O9P/c15-5-3(1-22-24(19,20)21)23-9(6(5)16)14-2-11-4-7(14)12-10(18)13-8(4)17/h2-3,5-6,9,15-16H,1H2,(H4,12,13,17,18,19,20,21)/p+1/t3-,5-,6-,9-/m1/s1. The van der Waals surface area contributed by atoms with Crippen LogP contribution in [0.2, 0.25) is 0 Å². The van der Waals surface area contributed by atoms with Gasteiger partial charge in [0.25, 0.3) is 11.2 Å². The van der Waals surface area contributed by atoms with Crippen molar-refractivity contribution in [1.29, 1.82) is 0 Å². The molecule has 1 fully saturated rings. The zero-order chi connectivity index (χ0) is 17.6. The van der Waals surface area contributed by atoms with Gasteiger partial charge in [-0.05, 0) is 0 Å². The van der Waals surface area contributed by atoms with E-state index in [9.17, 15) is 24.4 Å². The van der Waals surface area contributed by atoms with Crippen LogP contribution in [0.1, 0.15) is 6.23 Å². The highest BCUT2D eigenvalue weighted by Crippen LogP contribution is 2.37. The van der Waals surface area contributed by atoms with Gasteiger partial charge in [0.05, 0.1) is 6.61 Å². The molecule has 0 radical (unpaired) electrons. The number of aromatic amines is 3. The van der Waals surface area contributed by atoms with Crippen LogP contribution in [-0.4, -0.2) is 59.9 Å². The molecule has 0 amide bonds. The lowest BCUT2D eigenvalue weighted by Crippen LogP contribution is -2.46. The summed E-state index contributed by atoms with van der Waals surface area (Å²) in [6.07, 6.45) is -4.22. The number of aromatic nitrogens is 4. The second-order valence-corrected chi connectivity index (χ2v) is 6.38. The minimum absolute atomic E-state index is 0.00908. The molecule has 2 aromatic rings. The van der Waals surface area contributed by atoms with Crippen LogP contribution >= 0.6 is 7.82 Å². The number of hydrogen-bond acceptors (Lipinski definition) is 7. The minimum Gasteiger partial charge on any atom is -0.387 e. The summed E-state index contributed by atoms with van der Waals surface area (Å²) in [7, 11) is -4.78. The molecule has 3 heterocycles. The first-order valence-electron chi connectivity index (χ1n) is 6.64. The molecule has 1 aliphatic rings. The SMILES string of the molecule is O=c1[nH]c(=O)c2[nH]c[n+]([C@@H]3O[C@H](COP(=O)(O)O)[C@@H](O)[C@H]3O)c2[nH]1. The van der Waals surface area contributed by atoms with Crippen molar-refractivity contribution >= 4 is 19.0 Å². The summed E-state index contributed by atoms with van der Waals surface area (Å²) < 4.78 is 21.5. The van der Waals surface area contributed by atoms with E-state index in [1.165, 1.54) is 10.9 Å². The molecule has 7 N–H and O–H groups in total. The lowest BCUT2D eigenvalue weighted by atomic mass is 10.1. The number of aliphatic hydroxyl groups excluding tert-OH is 2. The van der Waals surface area contributed by atoms with Crippen LogP contribution in [0.15, 0.2) is 15.9 Å². The van der Waals surface area contributed by atoms with E-state index in [4.69, 9.17) is 14.5 Å². The average molecular weight is 365 g/mol. The molecular formula is C10H14N4O9P+. The quantitative estimate of drug-likeness (QED) is 0.212. The van der Waals surface area contributed by atoms with Gasteiger partial charge in [0.1, 0.15) is 18.3 Å². The first-order valence-corrected chi connectivity index (χ1v) is 8.17. The highest BCUT2D eigenvalue weighted by molar-refractivity contribution is 7.46. The molecule has 24 heavy (non-hydrogen) atoms. The Balaban J connectivity index is 1.92. The highest BCUT2D eigenvalue weighted by Gasteiger charge is 2.47. The number of aliphatic hydroxyl groups is 2. The Morgan fingerprint density at radius 2 is 1.96 bits per heavy atom. The van der Waals surface area contributed by atoms with Crippen molar-refractivity contribution in [2.24, 2.45) is 0 Å². The Hall–Kier alpha value is -1.86. The third-order valence-corrected chi connectivity index (χ3v) is 4.03. The van der Waals surface area contributed by atoms with Crippen molar-refractivity contribution in [1.82, 2.24) is 15.0 Å². The van der Waals surface area contributed by atoms with E-state index in [2.05, 4.69) is 14.5 Å². The number of hydrogen-bond donors (Lipinski definition) is 7. The van der Waals surface area contributed by atoms with Crippen LogP contribution in [0.4, 0.5) is 0 Å². The Kier molecular flexibility index (Phi) is 4.17. The number of fused-ring (bicyclic) bond motifs is 1. The zero-order valence-corrected chi connectivity index (χ0v) is 12.7. The zero-order valence-electron chi connectivity index (χ0n) is 11.8. The third kappa shape index (κ3) is 3.06. The molecule has 13 nitrogen and oxygen atoms in total. The molecule has 4 atom stereocenters. The summed E-state index contributed by atoms with van der Waals surface area (Å²) in [4.78, 5) is 47.4. The minimum atomic E-state index is -4.78. The summed E-state index contributed by atoms with van der Waals surface area (Å²) >= 11 is 0. The Morgan fingerprint density at radius 1 is 1.25 bits per heavy atom. The fourth-order valence-electron chi connectivity index (χ4n) is 2.47. The van der Waals surface area contributed by atoms with Gasteiger partial charge in [-0.25, -0.2) is 18.9 Å². The maximum atomic E-state index is 11.7. The van der Waals surface area contributed by atoms with Crippen molar-refractivity contribution < 1.29 is 38.4 Å². The molecule has 2 aromatic heterocycles. The van der Waals surface area contributed by atoms with E-state index in [-0.39, 0.29) is 11.2 Å². The first-order chi connectivity index (χ1) is 11.2. The second kappa shape index (κ2) is 5.89. The maximum Gasteiger partial charge on any atom is 0.469 e. The van der Waals surface area contributed by atoms with E-state index in [0.29, 0.717) is 0 Å². The molecule has 3 rings (SSSR count). The van der Waals surface area contributed by atoms with Gasteiger partial charge >= 0.3 is 13.5 Å². The van der Waals surface area contributed by atoms with Crippen LogP contribution in [-0.2, 0) is 13.8 Å². The van der Waals surface area contributed by atoms with E-state index in [0.717, 1.165) is 0 Å². The number of phosphoric acid groups is 1. The summed E-state index contributed by atoms with van der Waals surface area (Å²) in [6.45, 7) is -0.668. The second-order valence-electron chi connectivity index (χ2n) is 5.15. The molecule has 0 spiro atoms. The van der Waals surface area contributed by atoms with E-state index < -0.39 is 50.2 Å². The van der Waals surface area contributed by atoms with Gasteiger partial charge < -0.3 is 24.7 Å². The number of H-pyrrole nitrogens is 3. The normalized spacial score (nSPS) is 27.8. The fraction of sp³-hybridized carbons (Fsp3) is 0.500. The number of nitrogens with one attached hydrogen (secondary N) is 3. The van der Waals surface area contributed by atoms with Crippen LogP contribution < -0.4 is 15.8 Å². The first kappa shape index (κ1) is 17.0. The number of rotatable bonds is 4. The lowest BCUT2D eigenvalue weighted by Gasteiger charge is -2.14. The predicted octanol–water partition coefficient (Wildman–Crippen LogP) is -3.44. The van der Waals surface area contributed by atoms with Crippen molar-refractivity contribution in [3.8, 4) is 0 Å². The summed E-state index contributed by atoms with van der Waals surface area (Å²) in [5.74, 6) is 0. The van der Waals surface area contributed by atoms with E-state index in [1.807, 2.05) is 4.98 Å². The van der Waals surface area contributed by atoms with Gasteiger partial charge in [0.2, 0.25) is 11.7 Å². The smallest absolute Gasteiger partial charge is 0.387 e. The van der Waals surface area contributed by atoms with Crippen LogP contribution in [0, 0.1) is 0 Å². The molecule has 0 unspecified atom stereocenters. The average Bonchev–Trinajstić information content (AvgIpc) is 3.00. The largest absolute Gasteiger partial charge is 0.469 e. The Bertz CT molecular complexity index is 913. The predicted molar refractivity (Wildman–Crippen MR) is 73.7 cm³/mol. The topological polar surface area (TPSA) is 202 Å². The van der Waals surface area contributed by atoms with Gasteiger partial charge in [-0.1, -0.05) is 0 Å². The van der Waals surface area contributed by atoms with Crippen molar-refractivity contribution in [3.05, 3.63) is 27.2 Å². The molecule has 0 aromatic carbocycles. The number of ether oxygens (including phenoxy) is 1. The van der Waals surface area contributed by atoms with Crippen molar-refractivity contribution in [2.45, 2.75) is 24.5 Å². The van der Waals surface area contributed by atoms with Gasteiger partial charge in [0, 0.05) is 0 Å². The molecule has 1 aliphatic heterocycles. The summed E-state index contributed by atoms with van der Waals surface area (Å²) in [5.41, 5.74) is -1.46. The molecule has 14 heteroatoms. The van der Waals surface area contributed by atoms with E-state index >= 15 is 0 Å². The van der Waals surface area contributed by atoms with Crippen molar-refractivity contribution in [3.63, 3.8) is 0 Å². The van der Waals surface area contributed by atoms with Gasteiger partial charge in [-0.3, -0.25) is 19.3 Å². The molecule has 132 valence electrons. The molecular weight excluding hydrogens is 351 g/mol. The van der Waals surface area contributed by atoms with Crippen LogP contribution in [0.25, 0.3) is 11.2 Å². The highest BCUT2D eigenvalue weighted by atomic mass is 31.2. The Labute approximate surface area is 131 Å². The number of phosphoric ester groups is 1. The van der Waals surface area contributed by atoms with Crippen LogP contribution in [0.5, 0.6) is 0 Å². The molecule has 1 saturated heterocycles. The lowest BCUT2D eigenvalue weighted by molar-refractivity contribution is -0.745. The number of imidazole rings is 1. The van der Waals surface area contributed by atoms with Gasteiger partial charge in [-0.15, -0.1) is 0 Å². The van der Waals surface area contributed by atoms with E-state index in [1.54, 1.807) is 0 Å². The molecule has 0 saturated carbocycles.